The Morgan fingerprint density at radius 2 is 2.04 bits per heavy atom. The molecule has 2 aromatic carbocycles. The number of nitrogens with zero attached hydrogens (tertiary/aromatic N) is 1. The molecule has 1 fully saturated rings. The first kappa shape index (κ1) is 16.2. The van der Waals surface area contributed by atoms with E-state index in [4.69, 9.17) is 10.7 Å². The highest BCUT2D eigenvalue weighted by molar-refractivity contribution is 8.13. The van der Waals surface area contributed by atoms with Gasteiger partial charge in [0, 0.05) is 17.0 Å². The van der Waals surface area contributed by atoms with Crippen LogP contribution in [0.1, 0.15) is 35.2 Å². The summed E-state index contributed by atoms with van der Waals surface area (Å²) in [6.45, 7) is 0. The van der Waals surface area contributed by atoms with E-state index in [1.165, 1.54) is 12.8 Å². The largest absolute Gasteiger partial charge is 0.379 e. The summed E-state index contributed by atoms with van der Waals surface area (Å²) in [5.41, 5.74) is 8.45. The monoisotopic (exact) mass is 351 g/mol. The van der Waals surface area contributed by atoms with Gasteiger partial charge in [0.25, 0.3) is 5.91 Å². The zero-order chi connectivity index (χ0) is 17.3. The van der Waals surface area contributed by atoms with Crippen LogP contribution >= 0.6 is 11.8 Å². The number of hydrogen-bond donors (Lipinski definition) is 2. The number of aliphatic imine (C=N–C) groups is 1. The van der Waals surface area contributed by atoms with E-state index < -0.39 is 0 Å². The van der Waals surface area contributed by atoms with E-state index in [9.17, 15) is 4.79 Å². The Labute approximate surface area is 151 Å². The lowest BCUT2D eigenvalue weighted by Crippen LogP contribution is -2.36. The Kier molecular flexibility index (Phi) is 4.25. The van der Waals surface area contributed by atoms with Crippen molar-refractivity contribution < 1.29 is 4.79 Å². The van der Waals surface area contributed by atoms with Crippen molar-refractivity contribution in [3.05, 3.63) is 65.7 Å². The van der Waals surface area contributed by atoms with Gasteiger partial charge in [-0.3, -0.25) is 9.79 Å². The molecule has 128 valence electrons. The standard InChI is InChI=1S/C20H21N3OS/c21-19-23-20(11-5-9-16(20)13-25-19)15-8-4-10-17(12-15)22-18(24)14-6-2-1-3-7-14/h1-4,6-8,10,12,16H,5,9,11,13H2,(H2,21,23)(H,22,24)/t16?,20-/m1/s1. The maximum Gasteiger partial charge on any atom is 0.255 e. The van der Waals surface area contributed by atoms with Gasteiger partial charge in [0.1, 0.15) is 0 Å². The number of anilines is 1. The number of amidine groups is 1. The second kappa shape index (κ2) is 6.56. The molecule has 1 aliphatic carbocycles. The van der Waals surface area contributed by atoms with Crippen LogP contribution in [0.5, 0.6) is 0 Å². The number of carbonyl (C=O) groups excluding carboxylic acids is 1. The molecule has 1 saturated carbocycles. The van der Waals surface area contributed by atoms with Crippen molar-refractivity contribution in [1.29, 1.82) is 0 Å². The molecule has 0 radical (unpaired) electrons. The molecule has 0 spiro atoms. The third-order valence-electron chi connectivity index (χ3n) is 5.18. The van der Waals surface area contributed by atoms with Crippen molar-refractivity contribution in [2.75, 3.05) is 11.1 Å². The first-order chi connectivity index (χ1) is 12.2. The molecule has 1 aliphatic heterocycles. The maximum absolute atomic E-state index is 12.4. The second-order valence-corrected chi connectivity index (χ2v) is 7.72. The van der Waals surface area contributed by atoms with Gasteiger partial charge >= 0.3 is 0 Å². The zero-order valence-electron chi connectivity index (χ0n) is 13.9. The fourth-order valence-electron chi connectivity index (χ4n) is 3.95. The van der Waals surface area contributed by atoms with Crippen LogP contribution in [0.2, 0.25) is 0 Å². The number of thioether (sulfide) groups is 1. The van der Waals surface area contributed by atoms with Crippen molar-refractivity contribution in [3.63, 3.8) is 0 Å². The minimum Gasteiger partial charge on any atom is -0.379 e. The van der Waals surface area contributed by atoms with Crippen LogP contribution < -0.4 is 11.1 Å². The van der Waals surface area contributed by atoms with E-state index in [1.54, 1.807) is 11.8 Å². The quantitative estimate of drug-likeness (QED) is 0.878. The number of hydrogen-bond acceptors (Lipinski definition) is 4. The van der Waals surface area contributed by atoms with Crippen LogP contribution in [0.25, 0.3) is 0 Å². The van der Waals surface area contributed by atoms with E-state index in [0.717, 1.165) is 23.4 Å². The molecule has 4 nitrogen and oxygen atoms in total. The molecule has 2 atom stereocenters. The molecule has 1 amide bonds. The summed E-state index contributed by atoms with van der Waals surface area (Å²) in [6.07, 6.45) is 3.38. The van der Waals surface area contributed by atoms with Gasteiger partial charge in [0.15, 0.2) is 5.17 Å². The number of rotatable bonds is 3. The molecule has 2 aliphatic rings. The Hall–Kier alpha value is -2.27. The number of carbonyl (C=O) groups is 1. The Bertz CT molecular complexity index is 821. The van der Waals surface area contributed by atoms with Gasteiger partial charge in [-0.05, 0) is 48.6 Å². The Morgan fingerprint density at radius 1 is 1.20 bits per heavy atom. The fourth-order valence-corrected chi connectivity index (χ4v) is 4.99. The lowest BCUT2D eigenvalue weighted by molar-refractivity contribution is 0.102. The van der Waals surface area contributed by atoms with Gasteiger partial charge in [-0.15, -0.1) is 0 Å². The summed E-state index contributed by atoms with van der Waals surface area (Å²) in [6, 6.07) is 17.4. The highest BCUT2D eigenvalue weighted by Crippen LogP contribution is 2.50. The van der Waals surface area contributed by atoms with E-state index in [2.05, 4.69) is 17.4 Å². The topological polar surface area (TPSA) is 67.5 Å². The third-order valence-corrected chi connectivity index (χ3v) is 6.14. The van der Waals surface area contributed by atoms with E-state index in [-0.39, 0.29) is 11.4 Å². The van der Waals surface area contributed by atoms with E-state index in [1.807, 2.05) is 42.5 Å². The lowest BCUT2D eigenvalue weighted by atomic mass is 9.81. The molecule has 0 bridgehead atoms. The van der Waals surface area contributed by atoms with Crippen LogP contribution in [0.4, 0.5) is 5.69 Å². The highest BCUT2D eigenvalue weighted by atomic mass is 32.2. The van der Waals surface area contributed by atoms with Gasteiger partial charge < -0.3 is 11.1 Å². The Morgan fingerprint density at radius 3 is 2.88 bits per heavy atom. The normalized spacial score (nSPS) is 25.1. The minimum absolute atomic E-state index is 0.0968. The smallest absolute Gasteiger partial charge is 0.255 e. The van der Waals surface area contributed by atoms with Crippen molar-refractivity contribution in [2.24, 2.45) is 16.6 Å². The SMILES string of the molecule is NC1=N[C@@]2(c3cccc(NC(=O)c4ccccc4)c3)CCCC2CS1. The van der Waals surface area contributed by atoms with Crippen LogP contribution in [0.15, 0.2) is 59.6 Å². The number of amides is 1. The summed E-state index contributed by atoms with van der Waals surface area (Å²) < 4.78 is 0. The van der Waals surface area contributed by atoms with Gasteiger partial charge in [0.2, 0.25) is 0 Å². The lowest BCUT2D eigenvalue weighted by Gasteiger charge is -2.36. The highest BCUT2D eigenvalue weighted by Gasteiger charge is 2.46. The van der Waals surface area contributed by atoms with Crippen molar-refractivity contribution >= 4 is 28.5 Å². The molecule has 0 aromatic heterocycles. The maximum atomic E-state index is 12.4. The predicted molar refractivity (Wildman–Crippen MR) is 104 cm³/mol. The summed E-state index contributed by atoms with van der Waals surface area (Å²) in [7, 11) is 0. The molecule has 0 saturated heterocycles. The summed E-state index contributed by atoms with van der Waals surface area (Å²) in [5, 5.41) is 3.68. The fraction of sp³-hybridized carbons (Fsp3) is 0.300. The molecule has 1 heterocycles. The number of nitrogens with one attached hydrogen (secondary N) is 1. The van der Waals surface area contributed by atoms with Crippen LogP contribution in [0.3, 0.4) is 0 Å². The molecule has 1 unspecified atom stereocenters. The average Bonchev–Trinajstić information content (AvgIpc) is 3.07. The van der Waals surface area contributed by atoms with Gasteiger partial charge in [0.05, 0.1) is 5.54 Å². The number of fused-ring (bicyclic) bond motifs is 1. The summed E-state index contributed by atoms with van der Waals surface area (Å²) in [4.78, 5) is 17.3. The zero-order valence-corrected chi connectivity index (χ0v) is 14.8. The average molecular weight is 351 g/mol. The molecule has 4 rings (SSSR count). The first-order valence-electron chi connectivity index (χ1n) is 8.62. The predicted octanol–water partition coefficient (Wildman–Crippen LogP) is 4.00. The minimum atomic E-state index is -0.219. The molecule has 2 aromatic rings. The van der Waals surface area contributed by atoms with Gasteiger partial charge in [-0.25, -0.2) is 0 Å². The second-order valence-electron chi connectivity index (χ2n) is 6.68. The van der Waals surface area contributed by atoms with Crippen molar-refractivity contribution in [1.82, 2.24) is 0 Å². The summed E-state index contributed by atoms with van der Waals surface area (Å²) in [5.74, 6) is 1.45. The van der Waals surface area contributed by atoms with E-state index in [0.29, 0.717) is 16.6 Å². The molecule has 25 heavy (non-hydrogen) atoms. The Balaban J connectivity index is 1.64. The molecular weight excluding hydrogens is 330 g/mol. The van der Waals surface area contributed by atoms with Crippen molar-refractivity contribution in [2.45, 2.75) is 24.8 Å². The van der Waals surface area contributed by atoms with Crippen LogP contribution in [-0.4, -0.2) is 16.8 Å². The van der Waals surface area contributed by atoms with Crippen LogP contribution in [-0.2, 0) is 5.54 Å². The van der Waals surface area contributed by atoms with Gasteiger partial charge in [-0.2, -0.15) is 0 Å². The first-order valence-corrected chi connectivity index (χ1v) is 9.61. The van der Waals surface area contributed by atoms with Gasteiger partial charge in [-0.1, -0.05) is 48.5 Å². The number of nitrogens with two attached hydrogens (primary N) is 1. The number of benzene rings is 2. The van der Waals surface area contributed by atoms with Crippen LogP contribution in [0, 0.1) is 5.92 Å². The van der Waals surface area contributed by atoms with E-state index >= 15 is 0 Å². The third kappa shape index (κ3) is 3.04. The molecule has 5 heteroatoms. The van der Waals surface area contributed by atoms with Crippen molar-refractivity contribution in [3.8, 4) is 0 Å². The molecular formula is C20H21N3OS. The summed E-state index contributed by atoms with van der Waals surface area (Å²) >= 11 is 1.66. The molecule has 3 N–H and O–H groups in total.